The van der Waals surface area contributed by atoms with Crippen LogP contribution in [0.1, 0.15) is 22.3 Å². The zero-order chi connectivity index (χ0) is 15.7. The van der Waals surface area contributed by atoms with E-state index in [4.69, 9.17) is 0 Å². The number of benzene rings is 2. The molecule has 0 radical (unpaired) electrons. The Morgan fingerprint density at radius 1 is 1.13 bits per heavy atom. The number of hydrogen-bond acceptors (Lipinski definition) is 3. The molecule has 1 aliphatic heterocycles. The number of hydrogen-bond donors (Lipinski definition) is 2. The van der Waals surface area contributed by atoms with Crippen LogP contribution in [0.5, 0.6) is 0 Å². The largest absolute Gasteiger partial charge is 0.309 e. The summed E-state index contributed by atoms with van der Waals surface area (Å²) in [5.74, 6) is 0. The third kappa shape index (κ3) is 4.14. The Kier molecular flexibility index (Phi) is 5.86. The average Bonchev–Trinajstić information content (AvgIpc) is 2.95. The van der Waals surface area contributed by atoms with Crippen molar-refractivity contribution in [2.45, 2.75) is 31.5 Å². The summed E-state index contributed by atoms with van der Waals surface area (Å²) in [7, 11) is -3.51. The fourth-order valence-corrected chi connectivity index (χ4v) is 4.03. The first-order chi connectivity index (χ1) is 10.5. The van der Waals surface area contributed by atoms with E-state index in [9.17, 15) is 8.42 Å². The minimum atomic E-state index is -3.51. The highest BCUT2D eigenvalue weighted by molar-refractivity contribution is 9.10. The Morgan fingerprint density at radius 2 is 1.87 bits per heavy atom. The van der Waals surface area contributed by atoms with Crippen LogP contribution in [0.15, 0.2) is 45.8 Å². The Bertz CT molecular complexity index is 825. The monoisotopic (exact) mass is 416 g/mol. The number of fused-ring (bicyclic) bond motifs is 1. The maximum atomic E-state index is 12.4. The van der Waals surface area contributed by atoms with Gasteiger partial charge in [0.05, 0.1) is 4.90 Å². The molecule has 0 amide bonds. The quantitative estimate of drug-likeness (QED) is 0.803. The van der Waals surface area contributed by atoms with Gasteiger partial charge in [0.1, 0.15) is 0 Å². The first-order valence-electron chi connectivity index (χ1n) is 7.03. The van der Waals surface area contributed by atoms with E-state index in [1.54, 1.807) is 18.2 Å². The average molecular weight is 418 g/mol. The first-order valence-corrected chi connectivity index (χ1v) is 9.30. The minimum absolute atomic E-state index is 0. The number of rotatable bonds is 4. The second kappa shape index (κ2) is 7.32. The van der Waals surface area contributed by atoms with Gasteiger partial charge in [0.2, 0.25) is 10.0 Å². The van der Waals surface area contributed by atoms with Crippen molar-refractivity contribution in [2.75, 3.05) is 0 Å². The molecule has 1 aliphatic rings. The predicted molar refractivity (Wildman–Crippen MR) is 97.1 cm³/mol. The van der Waals surface area contributed by atoms with Crippen LogP contribution in [-0.2, 0) is 29.7 Å². The fraction of sp³-hybridized carbons (Fsp3) is 0.250. The molecular formula is C16H18BrClN2O2S. The first kappa shape index (κ1) is 18.4. The Balaban J connectivity index is 0.00000192. The van der Waals surface area contributed by atoms with E-state index in [-0.39, 0.29) is 17.3 Å². The van der Waals surface area contributed by atoms with Gasteiger partial charge in [-0.1, -0.05) is 40.2 Å². The van der Waals surface area contributed by atoms with E-state index >= 15 is 0 Å². The van der Waals surface area contributed by atoms with E-state index in [1.807, 2.05) is 13.0 Å². The zero-order valence-electron chi connectivity index (χ0n) is 12.6. The second-order valence-electron chi connectivity index (χ2n) is 5.44. The predicted octanol–water partition coefficient (Wildman–Crippen LogP) is 3.26. The molecule has 2 aromatic rings. The van der Waals surface area contributed by atoms with Gasteiger partial charge in [0.25, 0.3) is 0 Å². The van der Waals surface area contributed by atoms with Gasteiger partial charge in [-0.3, -0.25) is 0 Å². The molecule has 0 saturated carbocycles. The molecule has 2 aromatic carbocycles. The van der Waals surface area contributed by atoms with Crippen LogP contribution in [0, 0.1) is 6.92 Å². The molecule has 0 saturated heterocycles. The molecule has 0 atom stereocenters. The minimum Gasteiger partial charge on any atom is -0.309 e. The third-order valence-corrected chi connectivity index (χ3v) is 6.07. The summed E-state index contributed by atoms with van der Waals surface area (Å²) in [6.07, 6.45) is 0. The molecular weight excluding hydrogens is 400 g/mol. The molecule has 124 valence electrons. The topological polar surface area (TPSA) is 58.2 Å². The molecule has 0 spiro atoms. The van der Waals surface area contributed by atoms with E-state index in [1.165, 1.54) is 11.1 Å². The molecule has 0 aliphatic carbocycles. The second-order valence-corrected chi connectivity index (χ2v) is 8.06. The van der Waals surface area contributed by atoms with Crippen molar-refractivity contribution >= 4 is 38.4 Å². The summed E-state index contributed by atoms with van der Waals surface area (Å²) >= 11 is 3.37. The number of aryl methyl sites for hydroxylation is 1. The summed E-state index contributed by atoms with van der Waals surface area (Å²) < 4.78 is 28.2. The highest BCUT2D eigenvalue weighted by Crippen LogP contribution is 2.21. The van der Waals surface area contributed by atoms with Gasteiger partial charge in [-0.15, -0.1) is 12.4 Å². The molecule has 0 aromatic heterocycles. The number of halogens is 2. The standard InChI is InChI=1S/C16H17BrN2O2S.ClH/c1-11-2-5-15(7-16(11)17)22(20,21)19-8-12-3-4-13-9-18-10-14(13)6-12;/h2-7,18-19H,8-10H2,1H3;1H. The van der Waals surface area contributed by atoms with Gasteiger partial charge >= 0.3 is 0 Å². The zero-order valence-corrected chi connectivity index (χ0v) is 15.8. The van der Waals surface area contributed by atoms with Crippen molar-refractivity contribution in [3.63, 3.8) is 0 Å². The Hall–Kier alpha value is -0.920. The molecule has 0 fully saturated rings. The lowest BCUT2D eigenvalue weighted by atomic mass is 10.1. The Labute approximate surface area is 151 Å². The van der Waals surface area contributed by atoms with Crippen LogP contribution in [0.4, 0.5) is 0 Å². The number of sulfonamides is 1. The van der Waals surface area contributed by atoms with Gasteiger partial charge < -0.3 is 5.32 Å². The Morgan fingerprint density at radius 3 is 2.61 bits per heavy atom. The summed E-state index contributed by atoms with van der Waals surface area (Å²) in [6.45, 7) is 3.95. The van der Waals surface area contributed by atoms with Crippen LogP contribution < -0.4 is 10.0 Å². The van der Waals surface area contributed by atoms with Gasteiger partial charge in [-0.05, 0) is 41.3 Å². The highest BCUT2D eigenvalue weighted by atomic mass is 79.9. The lowest BCUT2D eigenvalue weighted by molar-refractivity contribution is 0.581. The summed E-state index contributed by atoms with van der Waals surface area (Å²) in [5, 5.41) is 3.28. The summed E-state index contributed by atoms with van der Waals surface area (Å²) in [5.41, 5.74) is 4.51. The lowest BCUT2D eigenvalue weighted by Gasteiger charge is -2.09. The van der Waals surface area contributed by atoms with Gasteiger partial charge in [-0.2, -0.15) is 0 Å². The molecule has 0 unspecified atom stereocenters. The molecule has 1 heterocycles. The van der Waals surface area contributed by atoms with Crippen LogP contribution in [0.2, 0.25) is 0 Å². The molecule has 4 nitrogen and oxygen atoms in total. The summed E-state index contributed by atoms with van der Waals surface area (Å²) in [6, 6.07) is 11.1. The van der Waals surface area contributed by atoms with Gasteiger partial charge in [0, 0.05) is 24.1 Å². The molecule has 7 heteroatoms. The van der Waals surface area contributed by atoms with Gasteiger partial charge in [-0.25, -0.2) is 13.1 Å². The van der Waals surface area contributed by atoms with Crippen LogP contribution >= 0.6 is 28.3 Å². The van der Waals surface area contributed by atoms with E-state index in [2.05, 4.69) is 38.1 Å². The van der Waals surface area contributed by atoms with Crippen molar-refractivity contribution in [3.05, 3.63) is 63.1 Å². The van der Waals surface area contributed by atoms with Crippen molar-refractivity contribution in [1.82, 2.24) is 10.0 Å². The van der Waals surface area contributed by atoms with Crippen LogP contribution in [-0.4, -0.2) is 8.42 Å². The fourth-order valence-electron chi connectivity index (χ4n) is 2.46. The van der Waals surface area contributed by atoms with Crippen LogP contribution in [0.25, 0.3) is 0 Å². The molecule has 3 rings (SSSR count). The van der Waals surface area contributed by atoms with Crippen molar-refractivity contribution in [1.29, 1.82) is 0 Å². The molecule has 2 N–H and O–H groups in total. The van der Waals surface area contributed by atoms with E-state index in [0.717, 1.165) is 28.7 Å². The maximum absolute atomic E-state index is 12.4. The van der Waals surface area contributed by atoms with Crippen molar-refractivity contribution < 1.29 is 8.42 Å². The SMILES string of the molecule is Cc1ccc(S(=O)(=O)NCc2ccc3c(c2)CNC3)cc1Br.Cl. The molecule has 0 bridgehead atoms. The smallest absolute Gasteiger partial charge is 0.240 e. The van der Waals surface area contributed by atoms with Gasteiger partial charge in [0.15, 0.2) is 0 Å². The van der Waals surface area contributed by atoms with Crippen molar-refractivity contribution in [3.8, 4) is 0 Å². The maximum Gasteiger partial charge on any atom is 0.240 e. The summed E-state index contributed by atoms with van der Waals surface area (Å²) in [4.78, 5) is 0.271. The highest BCUT2D eigenvalue weighted by Gasteiger charge is 2.16. The van der Waals surface area contributed by atoms with Crippen molar-refractivity contribution in [2.24, 2.45) is 0 Å². The number of nitrogens with one attached hydrogen (secondary N) is 2. The lowest BCUT2D eigenvalue weighted by Crippen LogP contribution is -2.23. The van der Waals surface area contributed by atoms with E-state index < -0.39 is 10.0 Å². The molecule has 23 heavy (non-hydrogen) atoms. The normalized spacial score (nSPS) is 13.5. The van der Waals surface area contributed by atoms with E-state index in [0.29, 0.717) is 6.54 Å². The third-order valence-electron chi connectivity index (χ3n) is 3.82. The van der Waals surface area contributed by atoms with Crippen LogP contribution in [0.3, 0.4) is 0 Å².